The highest BCUT2D eigenvalue weighted by molar-refractivity contribution is 5.76. The Kier molecular flexibility index (Phi) is 5.79. The summed E-state index contributed by atoms with van der Waals surface area (Å²) in [5.41, 5.74) is -0.113. The number of esters is 1. The van der Waals surface area contributed by atoms with Crippen LogP contribution in [0, 0.1) is 16.0 Å². The summed E-state index contributed by atoms with van der Waals surface area (Å²) in [6.45, 7) is 2.93. The molecule has 0 spiro atoms. The zero-order valence-electron chi connectivity index (χ0n) is 11.3. The highest BCUT2D eigenvalue weighted by Gasteiger charge is 2.15. The number of hydrogen-bond acceptors (Lipinski definition) is 8. The summed E-state index contributed by atoms with van der Waals surface area (Å²) in [4.78, 5) is 26.1. The zero-order chi connectivity index (χ0) is 16.0. The van der Waals surface area contributed by atoms with E-state index in [0.29, 0.717) is 0 Å². The van der Waals surface area contributed by atoms with Crippen molar-refractivity contribution in [3.63, 3.8) is 0 Å². The second kappa shape index (κ2) is 7.33. The number of rotatable bonds is 6. The van der Waals surface area contributed by atoms with Crippen molar-refractivity contribution in [2.75, 3.05) is 0 Å². The second-order valence-electron chi connectivity index (χ2n) is 4.08. The van der Waals surface area contributed by atoms with Crippen molar-refractivity contribution >= 4 is 11.7 Å². The SMILES string of the molecule is C/C(=C\C(C)C(=O)Oc1ccc([N+](=O)[O-])cc1)ON(O)O. The normalized spacial score (nSPS) is 12.9. The number of non-ortho nitro benzene ring substituents is 1. The Balaban J connectivity index is 2.65. The highest BCUT2D eigenvalue weighted by Crippen LogP contribution is 2.18. The minimum absolute atomic E-state index is 0.0770. The molecule has 0 bridgehead atoms. The van der Waals surface area contributed by atoms with Crippen molar-refractivity contribution in [2.45, 2.75) is 13.8 Å². The third-order valence-electron chi connectivity index (χ3n) is 2.35. The van der Waals surface area contributed by atoms with Gasteiger partial charge in [-0.3, -0.25) is 25.3 Å². The molecule has 0 aliphatic heterocycles. The van der Waals surface area contributed by atoms with Crippen molar-refractivity contribution in [3.05, 3.63) is 46.2 Å². The summed E-state index contributed by atoms with van der Waals surface area (Å²) in [6, 6.07) is 5.04. The summed E-state index contributed by atoms with van der Waals surface area (Å²) in [5.74, 6) is -1.11. The van der Waals surface area contributed by atoms with E-state index in [2.05, 4.69) is 4.84 Å². The minimum Gasteiger partial charge on any atom is -0.426 e. The molecule has 0 aliphatic carbocycles. The standard InChI is InChI=1S/C12H14N2O7/c1-8(7-9(2)21-14(18)19)12(15)20-11-5-3-10(4-6-11)13(16)17/h3-8,18-19H,1-2H3/b9-7+. The van der Waals surface area contributed by atoms with E-state index in [-0.39, 0.29) is 17.2 Å². The molecule has 21 heavy (non-hydrogen) atoms. The molecule has 0 fully saturated rings. The number of carbonyl (C=O) groups excluding carboxylic acids is 1. The lowest BCUT2D eigenvalue weighted by molar-refractivity contribution is -0.477. The van der Waals surface area contributed by atoms with Crippen LogP contribution in [0.3, 0.4) is 0 Å². The van der Waals surface area contributed by atoms with Gasteiger partial charge in [0.25, 0.3) is 5.69 Å². The Hall–Kier alpha value is -2.49. The summed E-state index contributed by atoms with van der Waals surface area (Å²) in [7, 11) is 0. The third kappa shape index (κ3) is 5.57. The Morgan fingerprint density at radius 2 is 1.95 bits per heavy atom. The van der Waals surface area contributed by atoms with Gasteiger partial charge in [0.15, 0.2) is 0 Å². The van der Waals surface area contributed by atoms with E-state index in [1.54, 1.807) is 0 Å². The first-order chi connectivity index (χ1) is 9.79. The molecule has 114 valence electrons. The lowest BCUT2D eigenvalue weighted by Gasteiger charge is -2.10. The van der Waals surface area contributed by atoms with Crippen LogP contribution in [0.1, 0.15) is 13.8 Å². The van der Waals surface area contributed by atoms with E-state index in [4.69, 9.17) is 15.2 Å². The van der Waals surface area contributed by atoms with Crippen molar-refractivity contribution in [2.24, 2.45) is 5.92 Å². The maximum Gasteiger partial charge on any atom is 0.318 e. The van der Waals surface area contributed by atoms with E-state index < -0.39 is 22.2 Å². The number of benzene rings is 1. The zero-order valence-corrected chi connectivity index (χ0v) is 11.3. The van der Waals surface area contributed by atoms with Gasteiger partial charge in [0, 0.05) is 12.1 Å². The fourth-order valence-corrected chi connectivity index (χ4v) is 1.42. The predicted octanol–water partition coefficient (Wildman–Crippen LogP) is 2.05. The van der Waals surface area contributed by atoms with Crippen molar-refractivity contribution in [1.82, 2.24) is 5.39 Å². The van der Waals surface area contributed by atoms with Gasteiger partial charge in [-0.05, 0) is 32.1 Å². The Morgan fingerprint density at radius 3 is 2.43 bits per heavy atom. The summed E-state index contributed by atoms with van der Waals surface area (Å²) in [6.07, 6.45) is 1.31. The van der Waals surface area contributed by atoms with E-state index in [1.807, 2.05) is 0 Å². The molecule has 1 aromatic rings. The van der Waals surface area contributed by atoms with Crippen molar-refractivity contribution in [1.29, 1.82) is 0 Å². The van der Waals surface area contributed by atoms with E-state index in [9.17, 15) is 14.9 Å². The molecule has 1 rings (SSSR count). The van der Waals surface area contributed by atoms with Crippen LogP contribution >= 0.6 is 0 Å². The van der Waals surface area contributed by atoms with Crippen LogP contribution in [0.15, 0.2) is 36.1 Å². The Morgan fingerprint density at radius 1 is 1.38 bits per heavy atom. The average molecular weight is 298 g/mol. The van der Waals surface area contributed by atoms with Crippen LogP contribution in [0.4, 0.5) is 5.69 Å². The maximum absolute atomic E-state index is 11.8. The van der Waals surface area contributed by atoms with Crippen LogP contribution in [0.5, 0.6) is 5.75 Å². The molecule has 0 aliphatic rings. The summed E-state index contributed by atoms with van der Waals surface area (Å²) < 4.78 is 5.02. The van der Waals surface area contributed by atoms with Crippen molar-refractivity contribution < 1.29 is 29.7 Å². The Bertz CT molecular complexity index is 539. The monoisotopic (exact) mass is 298 g/mol. The number of hydrogen-bond donors (Lipinski definition) is 2. The quantitative estimate of drug-likeness (QED) is 0.269. The minimum atomic E-state index is -0.722. The van der Waals surface area contributed by atoms with Crippen LogP contribution in [-0.2, 0) is 9.63 Å². The molecule has 0 radical (unpaired) electrons. The summed E-state index contributed by atoms with van der Waals surface area (Å²) in [5, 5.41) is 26.9. The smallest absolute Gasteiger partial charge is 0.318 e. The molecule has 0 amide bonds. The van der Waals surface area contributed by atoms with Gasteiger partial charge in [0.05, 0.1) is 10.8 Å². The van der Waals surface area contributed by atoms with Gasteiger partial charge in [-0.2, -0.15) is 0 Å². The topological polar surface area (TPSA) is 122 Å². The van der Waals surface area contributed by atoms with E-state index >= 15 is 0 Å². The van der Waals surface area contributed by atoms with E-state index in [1.165, 1.54) is 44.2 Å². The van der Waals surface area contributed by atoms with Crippen molar-refractivity contribution in [3.8, 4) is 5.75 Å². The third-order valence-corrected chi connectivity index (χ3v) is 2.35. The predicted molar refractivity (Wildman–Crippen MR) is 68.1 cm³/mol. The fraction of sp³-hybridized carbons (Fsp3) is 0.250. The molecule has 0 heterocycles. The van der Waals surface area contributed by atoms with Gasteiger partial charge >= 0.3 is 5.97 Å². The molecule has 1 atom stereocenters. The first kappa shape index (κ1) is 16.6. The van der Waals surface area contributed by atoms with Gasteiger partial charge in [-0.15, -0.1) is 0 Å². The summed E-state index contributed by atoms with van der Waals surface area (Å²) >= 11 is 0. The fourth-order valence-electron chi connectivity index (χ4n) is 1.42. The van der Waals surface area contributed by atoms with Gasteiger partial charge in [-0.1, -0.05) is 0 Å². The first-order valence-corrected chi connectivity index (χ1v) is 5.80. The average Bonchev–Trinajstić information content (AvgIpc) is 2.38. The van der Waals surface area contributed by atoms with Crippen LogP contribution < -0.4 is 4.74 Å². The number of ether oxygens (including phenoxy) is 1. The molecular formula is C12H14N2O7. The molecule has 9 nitrogen and oxygen atoms in total. The van der Waals surface area contributed by atoms with Crippen LogP contribution in [-0.4, -0.2) is 26.7 Å². The molecule has 2 N–H and O–H groups in total. The highest BCUT2D eigenvalue weighted by atomic mass is 17.1. The largest absolute Gasteiger partial charge is 0.426 e. The molecule has 9 heteroatoms. The van der Waals surface area contributed by atoms with Gasteiger partial charge in [0.2, 0.25) is 0 Å². The van der Waals surface area contributed by atoms with Crippen LogP contribution in [0.25, 0.3) is 0 Å². The second-order valence-corrected chi connectivity index (χ2v) is 4.08. The number of carbonyl (C=O) groups is 1. The molecule has 1 unspecified atom stereocenters. The Labute approximate surface area is 119 Å². The number of nitro groups is 1. The van der Waals surface area contributed by atoms with Gasteiger partial charge in [0.1, 0.15) is 16.9 Å². The molecule has 0 saturated heterocycles. The molecular weight excluding hydrogens is 284 g/mol. The lowest BCUT2D eigenvalue weighted by Crippen LogP contribution is -2.18. The maximum atomic E-state index is 11.8. The van der Waals surface area contributed by atoms with Crippen LogP contribution in [0.2, 0.25) is 0 Å². The molecule has 1 aromatic carbocycles. The molecule has 0 aromatic heterocycles. The number of nitro benzene ring substituents is 1. The molecule has 0 saturated carbocycles. The first-order valence-electron chi connectivity index (χ1n) is 5.80. The van der Waals surface area contributed by atoms with E-state index in [0.717, 1.165) is 0 Å². The van der Waals surface area contributed by atoms with Gasteiger partial charge in [-0.25, -0.2) is 0 Å². The van der Waals surface area contributed by atoms with Gasteiger partial charge < -0.3 is 9.57 Å². The lowest BCUT2D eigenvalue weighted by atomic mass is 10.1. The number of allylic oxidation sites excluding steroid dienone is 1. The number of nitrogens with zero attached hydrogens (tertiary/aromatic N) is 2.